The van der Waals surface area contributed by atoms with Gasteiger partial charge in [-0.1, -0.05) is 19.4 Å². The summed E-state index contributed by atoms with van der Waals surface area (Å²) in [6.07, 6.45) is 2.55. The number of hydrogen-bond acceptors (Lipinski definition) is 2. The number of ketones is 1. The lowest BCUT2D eigenvalue weighted by Crippen LogP contribution is -2.18. The number of aryl methyl sites for hydroxylation is 2. The van der Waals surface area contributed by atoms with Gasteiger partial charge >= 0.3 is 0 Å². The first-order chi connectivity index (χ1) is 8.82. The molecular formula is C16H24FNO. The normalized spacial score (nSPS) is 14.2. The number of rotatable bonds is 6. The maximum Gasteiger partial charge on any atom is 0.168 e. The van der Waals surface area contributed by atoms with E-state index in [9.17, 15) is 9.18 Å². The highest BCUT2D eigenvalue weighted by Gasteiger charge is 2.20. The molecule has 2 N–H and O–H groups in total. The van der Waals surface area contributed by atoms with Gasteiger partial charge in [0, 0.05) is 12.0 Å². The van der Waals surface area contributed by atoms with Crippen LogP contribution < -0.4 is 5.73 Å². The van der Waals surface area contributed by atoms with E-state index in [0.717, 1.165) is 30.4 Å². The van der Waals surface area contributed by atoms with E-state index in [0.29, 0.717) is 0 Å². The van der Waals surface area contributed by atoms with E-state index >= 15 is 0 Å². The third kappa shape index (κ3) is 4.43. The first-order valence-corrected chi connectivity index (χ1v) is 6.89. The second kappa shape index (κ2) is 6.80. The monoisotopic (exact) mass is 265 g/mol. The van der Waals surface area contributed by atoms with Crippen molar-refractivity contribution in [2.45, 2.75) is 53.0 Å². The Labute approximate surface area is 115 Å². The van der Waals surface area contributed by atoms with Crippen molar-refractivity contribution < 1.29 is 9.18 Å². The van der Waals surface area contributed by atoms with Crippen molar-refractivity contribution in [3.63, 3.8) is 0 Å². The fraction of sp³-hybridized carbons (Fsp3) is 0.562. The molecule has 2 unspecified atom stereocenters. The van der Waals surface area contributed by atoms with Crippen LogP contribution in [0, 0.1) is 25.6 Å². The predicted octanol–water partition coefficient (Wildman–Crippen LogP) is 3.78. The molecule has 1 aromatic rings. The first-order valence-electron chi connectivity index (χ1n) is 6.89. The van der Waals surface area contributed by atoms with Gasteiger partial charge in [-0.3, -0.25) is 4.79 Å². The largest absolute Gasteiger partial charge is 0.328 e. The molecule has 0 aliphatic rings. The molecule has 3 heteroatoms. The Morgan fingerprint density at radius 3 is 2.42 bits per heavy atom. The Morgan fingerprint density at radius 2 is 1.89 bits per heavy atom. The lowest BCUT2D eigenvalue weighted by molar-refractivity contribution is 0.0917. The molecule has 2 nitrogen and oxygen atoms in total. The molecule has 106 valence electrons. The maximum absolute atomic E-state index is 13.9. The Balaban J connectivity index is 2.77. The molecule has 0 spiro atoms. The van der Waals surface area contributed by atoms with E-state index < -0.39 is 5.82 Å². The molecule has 0 heterocycles. The molecule has 0 amide bonds. The zero-order valence-corrected chi connectivity index (χ0v) is 12.3. The molecule has 0 aliphatic heterocycles. The van der Waals surface area contributed by atoms with Crippen molar-refractivity contribution in [3.05, 3.63) is 34.6 Å². The average Bonchev–Trinajstić information content (AvgIpc) is 2.26. The van der Waals surface area contributed by atoms with Gasteiger partial charge < -0.3 is 5.73 Å². The van der Waals surface area contributed by atoms with E-state index in [2.05, 4.69) is 0 Å². The third-order valence-electron chi connectivity index (χ3n) is 3.42. The van der Waals surface area contributed by atoms with E-state index in [1.807, 2.05) is 26.8 Å². The third-order valence-corrected chi connectivity index (χ3v) is 3.42. The minimum atomic E-state index is -0.401. The highest BCUT2D eigenvalue weighted by Crippen LogP contribution is 2.22. The second-order valence-electron chi connectivity index (χ2n) is 5.61. The van der Waals surface area contributed by atoms with Crippen molar-refractivity contribution >= 4 is 5.78 Å². The quantitative estimate of drug-likeness (QED) is 0.795. The smallest absolute Gasteiger partial charge is 0.168 e. The average molecular weight is 265 g/mol. The van der Waals surface area contributed by atoms with Crippen LogP contribution in [0.5, 0.6) is 0 Å². The van der Waals surface area contributed by atoms with Gasteiger partial charge in [0.05, 0.1) is 5.56 Å². The zero-order chi connectivity index (χ0) is 14.6. The van der Waals surface area contributed by atoms with E-state index in [1.54, 1.807) is 6.92 Å². The minimum Gasteiger partial charge on any atom is -0.328 e. The van der Waals surface area contributed by atoms with E-state index in [-0.39, 0.29) is 23.3 Å². The van der Waals surface area contributed by atoms with Crippen molar-refractivity contribution in [2.75, 3.05) is 0 Å². The van der Waals surface area contributed by atoms with Crippen LogP contribution in [-0.2, 0) is 0 Å². The number of Topliss-reactive ketones (excluding diaryl/α,β-unsaturated/α-hetero) is 1. The Morgan fingerprint density at radius 1 is 1.26 bits per heavy atom. The molecule has 1 rings (SSSR count). The number of halogens is 1. The Bertz CT molecular complexity index is 431. The Hall–Kier alpha value is -1.22. The fourth-order valence-corrected chi connectivity index (χ4v) is 2.35. The molecule has 0 aromatic heterocycles. The molecule has 19 heavy (non-hydrogen) atoms. The van der Waals surface area contributed by atoms with Crippen LogP contribution in [0.4, 0.5) is 4.39 Å². The van der Waals surface area contributed by atoms with Gasteiger partial charge in [-0.05, 0) is 50.8 Å². The van der Waals surface area contributed by atoms with Gasteiger partial charge in [0.1, 0.15) is 5.82 Å². The first kappa shape index (κ1) is 15.8. The predicted molar refractivity (Wildman–Crippen MR) is 76.9 cm³/mol. The summed E-state index contributed by atoms with van der Waals surface area (Å²) < 4.78 is 13.9. The summed E-state index contributed by atoms with van der Waals surface area (Å²) in [5, 5.41) is 0. The summed E-state index contributed by atoms with van der Waals surface area (Å²) in [6, 6.07) is 3.43. The summed E-state index contributed by atoms with van der Waals surface area (Å²) >= 11 is 0. The van der Waals surface area contributed by atoms with Crippen molar-refractivity contribution in [3.8, 4) is 0 Å². The summed E-state index contributed by atoms with van der Waals surface area (Å²) in [5.41, 5.74) is 7.50. The highest BCUT2D eigenvalue weighted by molar-refractivity contribution is 5.99. The van der Waals surface area contributed by atoms with Crippen LogP contribution in [0.3, 0.4) is 0 Å². The van der Waals surface area contributed by atoms with Gasteiger partial charge in [-0.2, -0.15) is 0 Å². The molecule has 2 atom stereocenters. The van der Waals surface area contributed by atoms with Crippen molar-refractivity contribution in [1.29, 1.82) is 0 Å². The van der Waals surface area contributed by atoms with Crippen LogP contribution >= 0.6 is 0 Å². The molecule has 0 saturated heterocycles. The SMILES string of the molecule is Cc1cc(C)c(C(=O)C(C)CCCC(C)N)c(F)c1. The van der Waals surface area contributed by atoms with Crippen LogP contribution in [-0.4, -0.2) is 11.8 Å². The van der Waals surface area contributed by atoms with Crippen LogP contribution in [0.1, 0.15) is 54.6 Å². The molecule has 0 aliphatic carbocycles. The number of carbonyl (C=O) groups excluding carboxylic acids is 1. The summed E-state index contributed by atoms with van der Waals surface area (Å²) in [5.74, 6) is -0.657. The lowest BCUT2D eigenvalue weighted by Gasteiger charge is -2.14. The molecule has 1 aromatic carbocycles. The molecule has 0 saturated carbocycles. The molecule has 0 bridgehead atoms. The maximum atomic E-state index is 13.9. The van der Waals surface area contributed by atoms with Crippen LogP contribution in [0.25, 0.3) is 0 Å². The van der Waals surface area contributed by atoms with E-state index in [4.69, 9.17) is 5.73 Å². The summed E-state index contributed by atoms with van der Waals surface area (Å²) in [6.45, 7) is 7.44. The number of nitrogens with two attached hydrogens (primary N) is 1. The molecule has 0 fully saturated rings. The van der Waals surface area contributed by atoms with Gasteiger partial charge in [-0.15, -0.1) is 0 Å². The number of benzene rings is 1. The topological polar surface area (TPSA) is 43.1 Å². The zero-order valence-electron chi connectivity index (χ0n) is 12.3. The van der Waals surface area contributed by atoms with Crippen molar-refractivity contribution in [1.82, 2.24) is 0 Å². The standard InChI is InChI=1S/C16H24FNO/c1-10-8-12(3)15(14(17)9-10)16(19)11(2)6-5-7-13(4)18/h8-9,11,13H,5-7,18H2,1-4H3. The second-order valence-corrected chi connectivity index (χ2v) is 5.61. The molecular weight excluding hydrogens is 241 g/mol. The fourth-order valence-electron chi connectivity index (χ4n) is 2.35. The lowest BCUT2D eigenvalue weighted by atomic mass is 9.90. The summed E-state index contributed by atoms with van der Waals surface area (Å²) in [7, 11) is 0. The summed E-state index contributed by atoms with van der Waals surface area (Å²) in [4.78, 5) is 12.3. The highest BCUT2D eigenvalue weighted by atomic mass is 19.1. The van der Waals surface area contributed by atoms with E-state index in [1.165, 1.54) is 6.07 Å². The number of carbonyl (C=O) groups is 1. The minimum absolute atomic E-state index is 0.0975. The van der Waals surface area contributed by atoms with Crippen LogP contribution in [0.15, 0.2) is 12.1 Å². The number of hydrogen-bond donors (Lipinski definition) is 1. The Kier molecular flexibility index (Phi) is 5.67. The van der Waals surface area contributed by atoms with Gasteiger partial charge in [0.25, 0.3) is 0 Å². The molecule has 0 radical (unpaired) electrons. The van der Waals surface area contributed by atoms with Gasteiger partial charge in [0.2, 0.25) is 0 Å². The van der Waals surface area contributed by atoms with Crippen molar-refractivity contribution in [2.24, 2.45) is 11.7 Å². The van der Waals surface area contributed by atoms with Crippen LogP contribution in [0.2, 0.25) is 0 Å². The van der Waals surface area contributed by atoms with Gasteiger partial charge in [0.15, 0.2) is 5.78 Å². The van der Waals surface area contributed by atoms with Gasteiger partial charge in [-0.25, -0.2) is 4.39 Å².